The maximum atomic E-state index is 5.09. The molecule has 0 aliphatic heterocycles. The summed E-state index contributed by atoms with van der Waals surface area (Å²) in [6, 6.07) is 38.1. The summed E-state index contributed by atoms with van der Waals surface area (Å²) in [4.78, 5) is 8.71. The summed E-state index contributed by atoms with van der Waals surface area (Å²) in [5.41, 5.74) is 5.40. The molecule has 0 bridgehead atoms. The number of thiophene rings is 1. The number of benzene rings is 4. The number of aromatic amines is 1. The highest BCUT2D eigenvalue weighted by Crippen LogP contribution is 2.39. The molecule has 0 saturated heterocycles. The second-order valence-electron chi connectivity index (χ2n) is 7.54. The molecule has 2 heterocycles. The molecule has 0 radical (unpaired) electrons. The van der Waals surface area contributed by atoms with Gasteiger partial charge < -0.3 is 0 Å². The van der Waals surface area contributed by atoms with E-state index >= 15 is 0 Å². The zero-order chi connectivity index (χ0) is 20.6. The van der Waals surface area contributed by atoms with E-state index in [-0.39, 0.29) is 0 Å². The highest BCUT2D eigenvalue weighted by Gasteiger charge is 2.21. The average Bonchev–Trinajstić information content (AvgIpc) is 3.24. The van der Waals surface area contributed by atoms with Crippen LogP contribution in [0.4, 0.5) is 0 Å². The van der Waals surface area contributed by atoms with Gasteiger partial charge in [0.05, 0.1) is 5.56 Å². The fourth-order valence-electron chi connectivity index (χ4n) is 4.11. The summed E-state index contributed by atoms with van der Waals surface area (Å²) in [7, 11) is 0. The number of hydrogen-bond acceptors (Lipinski definition) is 2. The van der Waals surface area contributed by atoms with Gasteiger partial charge in [0.15, 0.2) is 5.69 Å². The van der Waals surface area contributed by atoms with Gasteiger partial charge in [-0.25, -0.2) is 4.98 Å². The average molecular weight is 416 g/mol. The van der Waals surface area contributed by atoms with Gasteiger partial charge >= 0.3 is 5.82 Å². The molecule has 0 atom stereocenters. The first kappa shape index (κ1) is 18.0. The van der Waals surface area contributed by atoms with Gasteiger partial charge in [0, 0.05) is 37.4 Å². The molecule has 0 unspecified atom stereocenters. The van der Waals surface area contributed by atoms with Crippen LogP contribution >= 0.6 is 11.3 Å². The van der Waals surface area contributed by atoms with Crippen LogP contribution in [0.1, 0.15) is 0 Å². The third-order valence-corrected chi connectivity index (χ3v) is 6.71. The molecule has 0 amide bonds. The minimum absolute atomic E-state index is 0.884. The number of fused-ring (bicyclic) bond motifs is 3. The summed E-state index contributed by atoms with van der Waals surface area (Å²) >= 11 is 1.83. The van der Waals surface area contributed by atoms with Gasteiger partial charge in [0.25, 0.3) is 0 Å². The SMILES string of the molecule is c1ccc(-c2cc(-c3ccccc3)[nH+]c(-c3cccc4sc5ccccc5c34)n2)cc1. The van der Waals surface area contributed by atoms with Crippen molar-refractivity contribution in [3.63, 3.8) is 0 Å². The molecule has 0 spiro atoms. The van der Waals surface area contributed by atoms with Crippen molar-refractivity contribution in [3.05, 3.63) is 109 Å². The van der Waals surface area contributed by atoms with Gasteiger partial charge in [-0.3, -0.25) is 0 Å². The number of nitrogens with zero attached hydrogens (tertiary/aromatic N) is 1. The highest BCUT2D eigenvalue weighted by molar-refractivity contribution is 7.25. The van der Waals surface area contributed by atoms with E-state index in [2.05, 4.69) is 102 Å². The minimum atomic E-state index is 0.884. The maximum Gasteiger partial charge on any atom is 0.329 e. The Morgan fingerprint density at radius 3 is 2.10 bits per heavy atom. The molecule has 0 aliphatic rings. The van der Waals surface area contributed by atoms with E-state index in [4.69, 9.17) is 4.98 Å². The molecule has 31 heavy (non-hydrogen) atoms. The van der Waals surface area contributed by atoms with Crippen molar-refractivity contribution >= 4 is 31.5 Å². The summed E-state index contributed by atoms with van der Waals surface area (Å²) in [5.74, 6) is 0.884. The lowest BCUT2D eigenvalue weighted by Crippen LogP contribution is -2.14. The topological polar surface area (TPSA) is 27.0 Å². The molecule has 146 valence electrons. The Balaban J connectivity index is 1.66. The van der Waals surface area contributed by atoms with Crippen LogP contribution in [0.2, 0.25) is 0 Å². The molecule has 2 nitrogen and oxygen atoms in total. The van der Waals surface area contributed by atoms with Crippen molar-refractivity contribution in [3.8, 4) is 33.9 Å². The Bertz CT molecular complexity index is 1460. The Hall–Kier alpha value is -3.82. The van der Waals surface area contributed by atoms with Crippen molar-refractivity contribution in [2.45, 2.75) is 0 Å². The van der Waals surface area contributed by atoms with Crippen LogP contribution in [-0.2, 0) is 0 Å². The van der Waals surface area contributed by atoms with Crippen molar-refractivity contribution in [1.82, 2.24) is 4.98 Å². The number of nitrogens with one attached hydrogen (secondary N) is 1. The number of aromatic nitrogens is 2. The van der Waals surface area contributed by atoms with E-state index in [1.807, 2.05) is 23.5 Å². The maximum absolute atomic E-state index is 5.09. The highest BCUT2D eigenvalue weighted by atomic mass is 32.1. The zero-order valence-electron chi connectivity index (χ0n) is 16.7. The Morgan fingerprint density at radius 1 is 0.613 bits per heavy atom. The zero-order valence-corrected chi connectivity index (χ0v) is 17.6. The van der Waals surface area contributed by atoms with E-state index in [1.165, 1.54) is 20.2 Å². The van der Waals surface area contributed by atoms with Crippen molar-refractivity contribution in [2.24, 2.45) is 0 Å². The summed E-state index contributed by atoms with van der Waals surface area (Å²) in [6.07, 6.45) is 0. The van der Waals surface area contributed by atoms with E-state index in [0.29, 0.717) is 0 Å². The second-order valence-corrected chi connectivity index (χ2v) is 8.62. The largest absolute Gasteiger partial charge is 0.329 e. The van der Waals surface area contributed by atoms with E-state index in [0.717, 1.165) is 33.9 Å². The normalized spacial score (nSPS) is 11.2. The predicted molar refractivity (Wildman–Crippen MR) is 130 cm³/mol. The van der Waals surface area contributed by atoms with Gasteiger partial charge in [0.1, 0.15) is 5.69 Å². The van der Waals surface area contributed by atoms with E-state index in [9.17, 15) is 0 Å². The first-order valence-electron chi connectivity index (χ1n) is 10.3. The molecule has 3 heteroatoms. The van der Waals surface area contributed by atoms with Crippen LogP contribution in [-0.4, -0.2) is 4.98 Å². The van der Waals surface area contributed by atoms with Crippen LogP contribution in [0.15, 0.2) is 109 Å². The van der Waals surface area contributed by atoms with Crippen LogP contribution in [0.25, 0.3) is 54.1 Å². The molecule has 1 N–H and O–H groups in total. The lowest BCUT2D eigenvalue weighted by molar-refractivity contribution is -0.355. The Morgan fingerprint density at radius 2 is 1.29 bits per heavy atom. The van der Waals surface area contributed by atoms with Gasteiger partial charge in [-0.15, -0.1) is 11.3 Å². The Kier molecular flexibility index (Phi) is 4.33. The summed E-state index contributed by atoms with van der Waals surface area (Å²) in [6.45, 7) is 0. The molecule has 6 rings (SSSR count). The van der Waals surface area contributed by atoms with Gasteiger partial charge in [-0.05, 0) is 23.2 Å². The van der Waals surface area contributed by atoms with Crippen molar-refractivity contribution in [1.29, 1.82) is 0 Å². The lowest BCUT2D eigenvalue weighted by Gasteiger charge is -2.04. The number of H-pyrrole nitrogens is 1. The van der Waals surface area contributed by atoms with Crippen molar-refractivity contribution in [2.75, 3.05) is 0 Å². The monoisotopic (exact) mass is 415 g/mol. The Labute approximate surface area is 184 Å². The van der Waals surface area contributed by atoms with Crippen LogP contribution < -0.4 is 4.98 Å². The van der Waals surface area contributed by atoms with Gasteiger partial charge in [-0.1, -0.05) is 84.9 Å². The molecule has 2 aromatic heterocycles. The quantitative estimate of drug-likeness (QED) is 0.299. The molecule has 0 saturated carbocycles. The third kappa shape index (κ3) is 3.20. The fraction of sp³-hybridized carbons (Fsp3) is 0. The predicted octanol–water partition coefficient (Wildman–Crippen LogP) is 7.26. The number of rotatable bonds is 3. The minimum Gasteiger partial charge on any atom is -0.236 e. The van der Waals surface area contributed by atoms with E-state index in [1.54, 1.807) is 0 Å². The lowest BCUT2D eigenvalue weighted by atomic mass is 10.0. The molecule has 6 aromatic rings. The molecular formula is C28H19N2S+. The van der Waals surface area contributed by atoms with Crippen LogP contribution in [0, 0.1) is 0 Å². The number of hydrogen-bond donors (Lipinski definition) is 0. The molecular weight excluding hydrogens is 396 g/mol. The standard InChI is InChI=1S/C28H18N2S/c1-3-10-19(11-4-1)23-18-24(20-12-5-2-6-13-20)30-28(29-23)22-15-9-17-26-27(22)21-14-7-8-16-25(21)31-26/h1-18H/p+1. The van der Waals surface area contributed by atoms with Crippen LogP contribution in [0.5, 0.6) is 0 Å². The first-order valence-corrected chi connectivity index (χ1v) is 11.1. The van der Waals surface area contributed by atoms with Crippen molar-refractivity contribution < 1.29 is 4.98 Å². The molecule has 0 aliphatic carbocycles. The second kappa shape index (κ2) is 7.46. The van der Waals surface area contributed by atoms with E-state index < -0.39 is 0 Å². The summed E-state index contributed by atoms with van der Waals surface area (Å²) < 4.78 is 2.58. The first-order chi connectivity index (χ1) is 15.4. The smallest absolute Gasteiger partial charge is 0.236 e. The van der Waals surface area contributed by atoms with Crippen LogP contribution in [0.3, 0.4) is 0 Å². The third-order valence-electron chi connectivity index (χ3n) is 5.58. The summed E-state index contributed by atoms with van der Waals surface area (Å²) in [5, 5.41) is 2.54. The van der Waals surface area contributed by atoms with Gasteiger partial charge in [-0.2, -0.15) is 0 Å². The molecule has 4 aromatic carbocycles. The fourth-order valence-corrected chi connectivity index (χ4v) is 5.24. The van der Waals surface area contributed by atoms with Gasteiger partial charge in [0.2, 0.25) is 0 Å². The molecule has 0 fully saturated rings.